The number of sulfonamides is 1. The summed E-state index contributed by atoms with van der Waals surface area (Å²) < 4.78 is 42.5. The topological polar surface area (TPSA) is 107 Å². The third kappa shape index (κ3) is 4.34. The average Bonchev–Trinajstić information content (AvgIpc) is 3.13. The molecule has 36 heavy (non-hydrogen) atoms. The highest BCUT2D eigenvalue weighted by atomic mass is 35.5. The van der Waals surface area contributed by atoms with Crippen LogP contribution in [-0.4, -0.2) is 67.6 Å². The van der Waals surface area contributed by atoms with Gasteiger partial charge in [0.25, 0.3) is 5.91 Å². The molecule has 0 bridgehead atoms. The fraction of sp³-hybridized carbons (Fsp3) is 0.348. The lowest BCUT2D eigenvalue weighted by atomic mass is 10.0. The molecule has 0 saturated carbocycles. The van der Waals surface area contributed by atoms with E-state index in [9.17, 15) is 22.8 Å². The number of benzene rings is 2. The van der Waals surface area contributed by atoms with E-state index in [1.807, 2.05) is 0 Å². The van der Waals surface area contributed by atoms with Gasteiger partial charge in [-0.15, -0.1) is 0 Å². The first-order valence-electron chi connectivity index (χ1n) is 11.2. The summed E-state index contributed by atoms with van der Waals surface area (Å²) in [6, 6.07) is 6.13. The van der Waals surface area contributed by atoms with Gasteiger partial charge in [0.05, 0.1) is 10.7 Å². The molecule has 9 nitrogen and oxygen atoms in total. The molecule has 1 unspecified atom stereocenters. The lowest BCUT2D eigenvalue weighted by molar-refractivity contribution is -0.136. The van der Waals surface area contributed by atoms with E-state index in [2.05, 4.69) is 5.32 Å². The van der Waals surface area contributed by atoms with Crippen molar-refractivity contribution in [2.75, 3.05) is 31.1 Å². The number of imide groups is 1. The van der Waals surface area contributed by atoms with E-state index in [1.165, 1.54) is 27.4 Å². The minimum Gasteiger partial charge on any atom is -0.367 e. The monoisotopic (exact) mass is 554 g/mol. The average molecular weight is 555 g/mol. The lowest BCUT2D eigenvalue weighted by Gasteiger charge is -2.35. The first kappa shape index (κ1) is 24.9. The number of anilines is 1. The first-order valence-corrected chi connectivity index (χ1v) is 13.4. The number of amides is 3. The van der Waals surface area contributed by atoms with Gasteiger partial charge in [0, 0.05) is 49.7 Å². The van der Waals surface area contributed by atoms with Crippen molar-refractivity contribution >= 4 is 56.6 Å². The Bertz CT molecular complexity index is 1400. The fourth-order valence-electron chi connectivity index (χ4n) is 4.81. The predicted octanol–water partition coefficient (Wildman–Crippen LogP) is 2.40. The molecule has 0 aliphatic carbocycles. The van der Waals surface area contributed by atoms with Crippen LogP contribution in [0.3, 0.4) is 0 Å². The molecule has 3 heterocycles. The van der Waals surface area contributed by atoms with Crippen LogP contribution in [0.2, 0.25) is 10.0 Å². The molecule has 0 aromatic heterocycles. The van der Waals surface area contributed by atoms with Crippen molar-refractivity contribution in [3.05, 3.63) is 57.3 Å². The van der Waals surface area contributed by atoms with Crippen LogP contribution in [0.4, 0.5) is 10.1 Å². The molecule has 1 N–H and O–H groups in total. The molecule has 3 aliphatic rings. The van der Waals surface area contributed by atoms with Crippen LogP contribution >= 0.6 is 23.2 Å². The zero-order valence-corrected chi connectivity index (χ0v) is 21.2. The number of hydrogen-bond acceptors (Lipinski definition) is 6. The second-order valence-electron chi connectivity index (χ2n) is 8.83. The maximum atomic E-state index is 15.1. The van der Waals surface area contributed by atoms with Gasteiger partial charge in [-0.1, -0.05) is 23.2 Å². The summed E-state index contributed by atoms with van der Waals surface area (Å²) in [6.07, 6.45) is 0.346. The number of nitrogens with zero attached hydrogens (tertiary/aromatic N) is 3. The van der Waals surface area contributed by atoms with Crippen LogP contribution in [0.15, 0.2) is 35.2 Å². The minimum atomic E-state index is -3.86. The van der Waals surface area contributed by atoms with E-state index in [4.69, 9.17) is 23.2 Å². The number of fused-ring (bicyclic) bond motifs is 1. The molecular weight excluding hydrogens is 534 g/mol. The molecule has 1 atom stereocenters. The largest absolute Gasteiger partial charge is 0.367 e. The number of rotatable bonds is 4. The zero-order valence-electron chi connectivity index (χ0n) is 18.8. The van der Waals surface area contributed by atoms with E-state index in [0.717, 1.165) is 6.07 Å². The van der Waals surface area contributed by atoms with Gasteiger partial charge in [0.15, 0.2) is 0 Å². The van der Waals surface area contributed by atoms with Gasteiger partial charge in [-0.05, 0) is 42.3 Å². The summed E-state index contributed by atoms with van der Waals surface area (Å²) in [5.41, 5.74) is 1.01. The quantitative estimate of drug-likeness (QED) is 0.581. The maximum Gasteiger partial charge on any atom is 0.255 e. The first-order chi connectivity index (χ1) is 17.1. The van der Waals surface area contributed by atoms with Crippen LogP contribution in [0.1, 0.15) is 28.8 Å². The van der Waals surface area contributed by atoms with Crippen molar-refractivity contribution in [1.82, 2.24) is 14.5 Å². The Labute approximate surface area is 216 Å². The Kier molecular flexibility index (Phi) is 6.44. The van der Waals surface area contributed by atoms with E-state index in [1.54, 1.807) is 11.0 Å². The summed E-state index contributed by atoms with van der Waals surface area (Å²) in [7, 11) is -3.86. The van der Waals surface area contributed by atoms with Crippen LogP contribution < -0.4 is 10.2 Å². The molecule has 3 aliphatic heterocycles. The number of piperidine rings is 1. The van der Waals surface area contributed by atoms with Gasteiger partial charge in [-0.25, -0.2) is 12.8 Å². The standard InChI is InChI=1S/C23H21Cl2FN4O5S/c24-14-1-3-20(16(25)10-14)36(34,35)29-7-5-28(6-8-29)19-9-13-12-30(23(33)15(13)11-17(19)26)18-2-4-21(31)27-22(18)32/h1,3,9-11,18H,2,4-8,12H2,(H,27,31,32). The second-order valence-corrected chi connectivity index (χ2v) is 11.6. The van der Waals surface area contributed by atoms with Crippen molar-refractivity contribution in [1.29, 1.82) is 0 Å². The minimum absolute atomic E-state index is 0.0276. The van der Waals surface area contributed by atoms with Gasteiger partial charge in [0.2, 0.25) is 21.8 Å². The molecule has 2 fully saturated rings. The highest BCUT2D eigenvalue weighted by molar-refractivity contribution is 7.89. The highest BCUT2D eigenvalue weighted by Crippen LogP contribution is 2.34. The van der Waals surface area contributed by atoms with E-state index < -0.39 is 33.7 Å². The third-order valence-electron chi connectivity index (χ3n) is 6.68. The van der Waals surface area contributed by atoms with Crippen LogP contribution in [-0.2, 0) is 26.2 Å². The molecule has 0 spiro atoms. The molecule has 2 aromatic rings. The van der Waals surface area contributed by atoms with E-state index in [0.29, 0.717) is 10.6 Å². The second kappa shape index (κ2) is 9.29. The number of piperazine rings is 1. The predicted molar refractivity (Wildman–Crippen MR) is 130 cm³/mol. The number of hydrogen-bond donors (Lipinski definition) is 1. The fourth-order valence-corrected chi connectivity index (χ4v) is 6.98. The maximum absolute atomic E-state index is 15.1. The van der Waals surface area contributed by atoms with Gasteiger partial charge < -0.3 is 9.80 Å². The Morgan fingerprint density at radius 1 is 1.00 bits per heavy atom. The summed E-state index contributed by atoms with van der Waals surface area (Å²) in [5, 5.41) is 2.59. The Morgan fingerprint density at radius 3 is 2.39 bits per heavy atom. The lowest BCUT2D eigenvalue weighted by Crippen LogP contribution is -2.52. The number of nitrogens with one attached hydrogen (secondary N) is 1. The highest BCUT2D eigenvalue weighted by Gasteiger charge is 2.40. The van der Waals surface area contributed by atoms with E-state index in [-0.39, 0.29) is 72.6 Å². The summed E-state index contributed by atoms with van der Waals surface area (Å²) in [5.74, 6) is -1.98. The molecule has 190 valence electrons. The van der Waals surface area contributed by atoms with Crippen LogP contribution in [0.5, 0.6) is 0 Å². The van der Waals surface area contributed by atoms with Gasteiger partial charge >= 0.3 is 0 Å². The van der Waals surface area contributed by atoms with Gasteiger partial charge in [-0.2, -0.15) is 4.31 Å². The Hall–Kier alpha value is -2.73. The Balaban J connectivity index is 1.32. The normalized spacial score (nSPS) is 21.1. The molecule has 0 radical (unpaired) electrons. The van der Waals surface area contributed by atoms with Crippen molar-refractivity contribution in [2.24, 2.45) is 0 Å². The summed E-state index contributed by atoms with van der Waals surface area (Å²) in [6.45, 7) is 0.797. The summed E-state index contributed by atoms with van der Waals surface area (Å²) >= 11 is 12.0. The number of carbonyl (C=O) groups is 3. The summed E-state index contributed by atoms with van der Waals surface area (Å²) in [4.78, 5) is 39.6. The Morgan fingerprint density at radius 2 is 1.72 bits per heavy atom. The molecule has 2 aromatic carbocycles. The van der Waals surface area contributed by atoms with Crippen LogP contribution in [0.25, 0.3) is 0 Å². The van der Waals surface area contributed by atoms with Crippen molar-refractivity contribution in [2.45, 2.75) is 30.3 Å². The smallest absolute Gasteiger partial charge is 0.255 e. The molecule has 3 amide bonds. The van der Waals surface area contributed by atoms with Gasteiger partial charge in [-0.3, -0.25) is 19.7 Å². The molecule has 5 rings (SSSR count). The molecular formula is C23H21Cl2FN4O5S. The van der Waals surface area contributed by atoms with E-state index >= 15 is 4.39 Å². The van der Waals surface area contributed by atoms with Crippen molar-refractivity contribution in [3.8, 4) is 0 Å². The van der Waals surface area contributed by atoms with Crippen molar-refractivity contribution < 1.29 is 27.2 Å². The third-order valence-corrected chi connectivity index (χ3v) is 9.30. The van der Waals surface area contributed by atoms with Crippen LogP contribution in [0, 0.1) is 5.82 Å². The molecule has 2 saturated heterocycles. The number of halogens is 3. The van der Waals surface area contributed by atoms with Gasteiger partial charge in [0.1, 0.15) is 16.8 Å². The van der Waals surface area contributed by atoms with Crippen molar-refractivity contribution in [3.63, 3.8) is 0 Å². The molecule has 13 heteroatoms. The number of carbonyl (C=O) groups excluding carboxylic acids is 3. The zero-order chi connectivity index (χ0) is 25.8. The SMILES string of the molecule is O=C1CCC(N2Cc3cc(N4CCN(S(=O)(=O)c5ccc(Cl)cc5Cl)CC4)c(F)cc3C2=O)C(=O)N1.